The molecule has 2 N–H and O–H groups in total. The van der Waals surface area contributed by atoms with Gasteiger partial charge in [-0.25, -0.2) is 4.98 Å². The predicted octanol–water partition coefficient (Wildman–Crippen LogP) is 1.43. The van der Waals surface area contributed by atoms with Gasteiger partial charge in [0, 0.05) is 24.3 Å². The summed E-state index contributed by atoms with van der Waals surface area (Å²) in [6.07, 6.45) is 1.83. The first kappa shape index (κ1) is 13.0. The van der Waals surface area contributed by atoms with E-state index in [2.05, 4.69) is 4.98 Å². The number of nitrogens with two attached hydrogens (primary N) is 1. The molecule has 17 heavy (non-hydrogen) atoms. The second-order valence-electron chi connectivity index (χ2n) is 3.97. The maximum Gasteiger partial charge on any atom is 0.254 e. The van der Waals surface area contributed by atoms with Gasteiger partial charge in [0.2, 0.25) is 0 Å². The van der Waals surface area contributed by atoms with Gasteiger partial charge in [0.05, 0.1) is 12.5 Å². The van der Waals surface area contributed by atoms with E-state index in [1.54, 1.807) is 17.0 Å². The molecule has 90 valence electrons. The van der Waals surface area contributed by atoms with Crippen LogP contribution in [0.4, 0.5) is 5.82 Å². The minimum absolute atomic E-state index is 0.0465. The van der Waals surface area contributed by atoms with E-state index in [-0.39, 0.29) is 11.9 Å². The number of nitrogen functional groups attached to an aromatic ring is 1. The van der Waals surface area contributed by atoms with E-state index in [9.17, 15) is 4.79 Å². The molecule has 0 aliphatic carbocycles. The first-order valence-electron chi connectivity index (χ1n) is 5.45. The van der Waals surface area contributed by atoms with Crippen LogP contribution in [0.15, 0.2) is 18.3 Å². The maximum absolute atomic E-state index is 12.2. The smallest absolute Gasteiger partial charge is 0.254 e. The number of carbonyl (C=O) groups excluding carboxylic acids is 1. The van der Waals surface area contributed by atoms with E-state index in [0.717, 1.165) is 0 Å². The van der Waals surface area contributed by atoms with Crippen molar-refractivity contribution in [3.05, 3.63) is 23.9 Å². The first-order valence-corrected chi connectivity index (χ1v) is 5.45. The summed E-state index contributed by atoms with van der Waals surface area (Å²) in [6.45, 7) is 4.26. The molecule has 0 saturated carbocycles. The van der Waals surface area contributed by atoms with E-state index in [1.807, 2.05) is 19.9 Å². The Hall–Kier alpha value is -2.09. The molecular weight excluding hydrogens is 216 g/mol. The number of anilines is 1. The predicted molar refractivity (Wildman–Crippen MR) is 65.1 cm³/mol. The van der Waals surface area contributed by atoms with Crippen LogP contribution in [0.25, 0.3) is 0 Å². The lowest BCUT2D eigenvalue weighted by Crippen LogP contribution is -2.37. The van der Waals surface area contributed by atoms with Gasteiger partial charge >= 0.3 is 0 Å². The van der Waals surface area contributed by atoms with Crippen LogP contribution in [0.3, 0.4) is 0 Å². The van der Waals surface area contributed by atoms with Crippen LogP contribution in [-0.2, 0) is 0 Å². The van der Waals surface area contributed by atoms with Crippen molar-refractivity contribution in [1.29, 1.82) is 5.26 Å². The van der Waals surface area contributed by atoms with Gasteiger partial charge in [-0.3, -0.25) is 4.79 Å². The van der Waals surface area contributed by atoms with E-state index >= 15 is 0 Å². The van der Waals surface area contributed by atoms with Gasteiger partial charge in [-0.05, 0) is 26.0 Å². The zero-order valence-corrected chi connectivity index (χ0v) is 10.1. The standard InChI is InChI=1S/C12H16N4O/c1-9(2)16(7-3-5-13)12(17)10-4-6-15-11(14)8-10/h4,6,8-9H,3,7H2,1-2H3,(H2,14,15). The number of hydrogen-bond acceptors (Lipinski definition) is 4. The molecule has 0 fully saturated rings. The summed E-state index contributed by atoms with van der Waals surface area (Å²) < 4.78 is 0. The molecular formula is C12H16N4O. The molecule has 0 atom stereocenters. The highest BCUT2D eigenvalue weighted by Gasteiger charge is 2.18. The SMILES string of the molecule is CC(C)N(CCC#N)C(=O)c1ccnc(N)c1. The number of amides is 1. The quantitative estimate of drug-likeness (QED) is 0.851. The molecule has 1 amide bonds. The number of pyridine rings is 1. The third kappa shape index (κ3) is 3.45. The molecule has 0 aliphatic rings. The molecule has 0 spiro atoms. The van der Waals surface area contributed by atoms with Crippen molar-refractivity contribution in [2.45, 2.75) is 26.3 Å². The average molecular weight is 232 g/mol. The fraction of sp³-hybridized carbons (Fsp3) is 0.417. The lowest BCUT2D eigenvalue weighted by molar-refractivity contribution is 0.0710. The second kappa shape index (κ2) is 5.85. The van der Waals surface area contributed by atoms with Gasteiger partial charge in [-0.1, -0.05) is 0 Å². The normalized spacial score (nSPS) is 10.0. The molecule has 1 aromatic rings. The van der Waals surface area contributed by atoms with Crippen LogP contribution < -0.4 is 5.73 Å². The Morgan fingerprint density at radius 3 is 2.88 bits per heavy atom. The van der Waals surface area contributed by atoms with Crippen molar-refractivity contribution in [2.24, 2.45) is 0 Å². The number of aromatic nitrogens is 1. The maximum atomic E-state index is 12.2. The number of nitriles is 1. The molecule has 0 bridgehead atoms. The summed E-state index contributed by atoms with van der Waals surface area (Å²) in [7, 11) is 0. The van der Waals surface area contributed by atoms with E-state index in [1.165, 1.54) is 6.20 Å². The van der Waals surface area contributed by atoms with Crippen molar-refractivity contribution in [3.8, 4) is 6.07 Å². The largest absolute Gasteiger partial charge is 0.384 e. The zero-order chi connectivity index (χ0) is 12.8. The highest BCUT2D eigenvalue weighted by atomic mass is 16.2. The summed E-state index contributed by atoms with van der Waals surface area (Å²) in [5.41, 5.74) is 6.04. The summed E-state index contributed by atoms with van der Waals surface area (Å²) in [5, 5.41) is 8.58. The number of rotatable bonds is 4. The van der Waals surface area contributed by atoms with Crippen molar-refractivity contribution >= 4 is 11.7 Å². The van der Waals surface area contributed by atoms with Gasteiger partial charge < -0.3 is 10.6 Å². The Bertz CT molecular complexity index is 436. The topological polar surface area (TPSA) is 83.0 Å². The minimum atomic E-state index is -0.121. The fourth-order valence-electron chi connectivity index (χ4n) is 1.51. The summed E-state index contributed by atoms with van der Waals surface area (Å²) in [6, 6.07) is 5.26. The Labute approximate surface area is 101 Å². The second-order valence-corrected chi connectivity index (χ2v) is 3.97. The molecule has 0 aromatic carbocycles. The van der Waals surface area contributed by atoms with Gasteiger partial charge in [0.1, 0.15) is 5.82 Å². The lowest BCUT2D eigenvalue weighted by atomic mass is 10.2. The van der Waals surface area contributed by atoms with E-state index < -0.39 is 0 Å². The zero-order valence-electron chi connectivity index (χ0n) is 10.1. The van der Waals surface area contributed by atoms with E-state index in [4.69, 9.17) is 11.0 Å². The average Bonchev–Trinajstić information content (AvgIpc) is 2.29. The lowest BCUT2D eigenvalue weighted by Gasteiger charge is -2.25. The first-order chi connectivity index (χ1) is 8.06. The summed E-state index contributed by atoms with van der Waals surface area (Å²) in [5.74, 6) is 0.198. The van der Waals surface area contributed by atoms with Crippen LogP contribution in [0.1, 0.15) is 30.6 Å². The van der Waals surface area contributed by atoms with E-state index in [0.29, 0.717) is 24.3 Å². The molecule has 1 rings (SSSR count). The van der Waals surface area contributed by atoms with Crippen molar-refractivity contribution in [2.75, 3.05) is 12.3 Å². The summed E-state index contributed by atoms with van der Waals surface area (Å²) in [4.78, 5) is 17.7. The molecule has 0 unspecified atom stereocenters. The molecule has 5 nitrogen and oxygen atoms in total. The fourth-order valence-corrected chi connectivity index (χ4v) is 1.51. The van der Waals surface area contributed by atoms with Crippen LogP contribution >= 0.6 is 0 Å². The number of nitrogens with zero attached hydrogens (tertiary/aromatic N) is 3. The van der Waals surface area contributed by atoms with Gasteiger partial charge in [0.15, 0.2) is 0 Å². The third-order valence-corrected chi connectivity index (χ3v) is 2.38. The highest BCUT2D eigenvalue weighted by molar-refractivity contribution is 5.94. The number of hydrogen-bond donors (Lipinski definition) is 1. The monoisotopic (exact) mass is 232 g/mol. The van der Waals surface area contributed by atoms with Crippen LogP contribution in [-0.4, -0.2) is 28.4 Å². The van der Waals surface area contributed by atoms with Crippen LogP contribution in [0.5, 0.6) is 0 Å². The van der Waals surface area contributed by atoms with Gasteiger partial charge in [-0.15, -0.1) is 0 Å². The number of carbonyl (C=O) groups is 1. The van der Waals surface area contributed by atoms with Gasteiger partial charge in [-0.2, -0.15) is 5.26 Å². The van der Waals surface area contributed by atoms with Crippen LogP contribution in [0, 0.1) is 11.3 Å². The highest BCUT2D eigenvalue weighted by Crippen LogP contribution is 2.10. The third-order valence-electron chi connectivity index (χ3n) is 2.38. The van der Waals surface area contributed by atoms with Crippen molar-refractivity contribution in [1.82, 2.24) is 9.88 Å². The van der Waals surface area contributed by atoms with Crippen molar-refractivity contribution in [3.63, 3.8) is 0 Å². The molecule has 5 heteroatoms. The molecule has 0 saturated heterocycles. The Morgan fingerprint density at radius 2 is 2.35 bits per heavy atom. The van der Waals surface area contributed by atoms with Gasteiger partial charge in [0.25, 0.3) is 5.91 Å². The van der Waals surface area contributed by atoms with Crippen molar-refractivity contribution < 1.29 is 4.79 Å². The minimum Gasteiger partial charge on any atom is -0.384 e. The molecule has 0 radical (unpaired) electrons. The Balaban J connectivity index is 2.88. The summed E-state index contributed by atoms with van der Waals surface area (Å²) >= 11 is 0. The molecule has 1 heterocycles. The Morgan fingerprint density at radius 1 is 1.65 bits per heavy atom. The van der Waals surface area contributed by atoms with Crippen LogP contribution in [0.2, 0.25) is 0 Å². The molecule has 1 aromatic heterocycles. The Kier molecular flexibility index (Phi) is 4.46. The molecule has 0 aliphatic heterocycles.